The molecular formula is C37H34F2N10O6S. The third-order valence-electron chi connectivity index (χ3n) is 9.58. The van der Waals surface area contributed by atoms with Gasteiger partial charge in [0.2, 0.25) is 5.91 Å². The van der Waals surface area contributed by atoms with Gasteiger partial charge in [0.05, 0.1) is 41.4 Å². The van der Waals surface area contributed by atoms with Gasteiger partial charge in [0.15, 0.2) is 22.1 Å². The van der Waals surface area contributed by atoms with Gasteiger partial charge in [-0.05, 0) is 36.2 Å². The van der Waals surface area contributed by atoms with Crippen molar-refractivity contribution in [3.63, 3.8) is 0 Å². The minimum absolute atomic E-state index is 0.00288. The quantitative estimate of drug-likeness (QED) is 0.201. The molecule has 1 aliphatic heterocycles. The van der Waals surface area contributed by atoms with Crippen LogP contribution in [0.4, 0.5) is 14.6 Å². The molecular weight excluding hydrogens is 751 g/mol. The summed E-state index contributed by atoms with van der Waals surface area (Å²) in [7, 11) is -4.10. The predicted octanol–water partition coefficient (Wildman–Crippen LogP) is 4.37. The summed E-state index contributed by atoms with van der Waals surface area (Å²) in [5, 5.41) is 3.37. The lowest BCUT2D eigenvalue weighted by Gasteiger charge is -2.42. The van der Waals surface area contributed by atoms with Crippen molar-refractivity contribution in [1.82, 2.24) is 43.4 Å². The van der Waals surface area contributed by atoms with Gasteiger partial charge in [-0.2, -0.15) is 13.4 Å². The molecule has 7 aromatic rings. The maximum atomic E-state index is 16.4. The van der Waals surface area contributed by atoms with Crippen LogP contribution in [-0.2, 0) is 26.2 Å². The molecule has 1 aliphatic rings. The molecule has 7 heterocycles. The highest BCUT2D eigenvalue weighted by Gasteiger charge is 2.33. The van der Waals surface area contributed by atoms with Crippen molar-refractivity contribution in [3.05, 3.63) is 101 Å². The Hall–Kier alpha value is -6.21. The number of aromatic nitrogens is 8. The van der Waals surface area contributed by atoms with Gasteiger partial charge in [-0.1, -0.05) is 32.9 Å². The number of carbonyl (C=O) groups is 1. The highest BCUT2D eigenvalue weighted by Crippen LogP contribution is 2.33. The highest BCUT2D eigenvalue weighted by atomic mass is 32.2. The van der Waals surface area contributed by atoms with Crippen LogP contribution in [0.1, 0.15) is 44.5 Å². The molecule has 0 aliphatic carbocycles. The third-order valence-corrected chi connectivity index (χ3v) is 11.0. The van der Waals surface area contributed by atoms with Crippen LogP contribution in [0, 0.1) is 11.6 Å². The molecule has 0 N–H and O–H groups in total. The number of hydrogen-bond donors (Lipinski definition) is 0. The van der Waals surface area contributed by atoms with Crippen molar-refractivity contribution in [1.29, 1.82) is 0 Å². The Morgan fingerprint density at radius 1 is 1.04 bits per heavy atom. The van der Waals surface area contributed by atoms with Crippen LogP contribution in [-0.4, -0.2) is 90.0 Å². The Morgan fingerprint density at radius 3 is 2.62 bits per heavy atom. The number of piperazine rings is 1. The van der Waals surface area contributed by atoms with Gasteiger partial charge in [0.1, 0.15) is 40.9 Å². The van der Waals surface area contributed by atoms with Gasteiger partial charge >= 0.3 is 15.7 Å². The van der Waals surface area contributed by atoms with Crippen LogP contribution in [0.3, 0.4) is 0 Å². The first kappa shape index (κ1) is 36.8. The molecule has 2 bridgehead atoms. The normalized spacial score (nSPS) is 15.1. The van der Waals surface area contributed by atoms with Gasteiger partial charge in [0, 0.05) is 38.3 Å². The van der Waals surface area contributed by atoms with E-state index in [1.807, 2.05) is 13.8 Å². The van der Waals surface area contributed by atoms with Crippen molar-refractivity contribution >= 4 is 60.4 Å². The van der Waals surface area contributed by atoms with Gasteiger partial charge < -0.3 is 19.0 Å². The number of ether oxygens (including phenoxy) is 1. The smallest absolute Gasteiger partial charge is 0.356 e. The Bertz CT molecular complexity index is 2870. The number of pyridine rings is 3. The SMILES string of the molecule is CCC(=O)N1CCN(c2nc(=O)n3c4nc(c(F)cc24)c2c(F)cccc2oc2ccnc(C(C)C)c23)C(COCc2cccc(S(=O)(=O)n3cncn3)n2)C1. The lowest BCUT2D eigenvalue weighted by Crippen LogP contribution is -2.57. The number of halogens is 2. The number of fused-ring (bicyclic) bond motifs is 5. The number of amides is 1. The van der Waals surface area contributed by atoms with Crippen LogP contribution in [0.25, 0.3) is 38.6 Å². The highest BCUT2D eigenvalue weighted by molar-refractivity contribution is 7.89. The van der Waals surface area contributed by atoms with E-state index in [4.69, 9.17) is 9.15 Å². The third kappa shape index (κ3) is 6.41. The van der Waals surface area contributed by atoms with E-state index < -0.39 is 33.4 Å². The molecule has 1 saturated heterocycles. The maximum absolute atomic E-state index is 16.4. The van der Waals surface area contributed by atoms with Gasteiger partial charge in [-0.3, -0.25) is 9.78 Å². The first-order valence-corrected chi connectivity index (χ1v) is 19.2. The average Bonchev–Trinajstić information content (AvgIpc) is 3.76. The molecule has 0 radical (unpaired) electrons. The van der Waals surface area contributed by atoms with Crippen molar-refractivity contribution in [2.75, 3.05) is 31.1 Å². The van der Waals surface area contributed by atoms with E-state index in [0.717, 1.165) is 12.7 Å². The molecule has 288 valence electrons. The van der Waals surface area contributed by atoms with Gasteiger partial charge in [-0.25, -0.2) is 32.9 Å². The van der Waals surface area contributed by atoms with Crippen molar-refractivity contribution in [2.24, 2.45) is 0 Å². The summed E-state index contributed by atoms with van der Waals surface area (Å²) in [5.74, 6) is -1.89. The fourth-order valence-electron chi connectivity index (χ4n) is 6.95. The Kier molecular flexibility index (Phi) is 9.49. The van der Waals surface area contributed by atoms with E-state index in [-0.39, 0.29) is 101 Å². The molecule has 56 heavy (non-hydrogen) atoms. The standard InChI is InChI=1S/C37H34F2N10O6S/c1-4-30(50)46-13-14-47(23(16-46)18-54-17-22-7-5-10-29(43-22)56(52,53)48-20-40-19-42-48)35-24-15-26(39)33-31-25(38)8-6-9-27(31)55-28-11-12-41-32(21(2)3)34(28)49(36(24)44-33)37(51)45-35/h5-12,15,19-21,23H,4,13-14,16-18H2,1-3H3. The first-order valence-electron chi connectivity index (χ1n) is 17.7. The molecule has 0 saturated carbocycles. The number of nitrogens with zero attached hydrogens (tertiary/aromatic N) is 10. The Labute approximate surface area is 317 Å². The van der Waals surface area contributed by atoms with Crippen LogP contribution in [0.15, 0.2) is 81.6 Å². The molecule has 8 rings (SSSR count). The van der Waals surface area contributed by atoms with E-state index in [1.165, 1.54) is 53.1 Å². The number of benzene rings is 1. The van der Waals surface area contributed by atoms with E-state index in [2.05, 4.69) is 30.0 Å². The monoisotopic (exact) mass is 784 g/mol. The number of anilines is 1. The summed E-state index contributed by atoms with van der Waals surface area (Å²) in [6.07, 6.45) is 3.92. The zero-order valence-electron chi connectivity index (χ0n) is 30.3. The van der Waals surface area contributed by atoms with Gasteiger partial charge in [-0.15, -0.1) is 9.19 Å². The maximum Gasteiger partial charge on any atom is 0.356 e. The zero-order chi connectivity index (χ0) is 39.3. The topological polar surface area (TPSA) is 184 Å². The molecule has 16 nitrogen and oxygen atoms in total. The number of rotatable bonds is 9. The van der Waals surface area contributed by atoms with Crippen molar-refractivity contribution in [2.45, 2.75) is 50.8 Å². The number of hydrogen-bond acceptors (Lipinski definition) is 13. The van der Waals surface area contributed by atoms with Crippen LogP contribution >= 0.6 is 0 Å². The van der Waals surface area contributed by atoms with Crippen LogP contribution in [0.5, 0.6) is 0 Å². The molecule has 6 aromatic heterocycles. The van der Waals surface area contributed by atoms with E-state index in [0.29, 0.717) is 15.5 Å². The minimum Gasteiger partial charge on any atom is -0.454 e. The van der Waals surface area contributed by atoms with E-state index in [1.54, 1.807) is 22.8 Å². The van der Waals surface area contributed by atoms with E-state index in [9.17, 15) is 18.0 Å². The lowest BCUT2D eigenvalue weighted by molar-refractivity contribution is -0.132. The van der Waals surface area contributed by atoms with Crippen molar-refractivity contribution < 1.29 is 31.1 Å². The average molecular weight is 785 g/mol. The predicted molar refractivity (Wildman–Crippen MR) is 199 cm³/mol. The molecule has 1 atom stereocenters. The fraction of sp³-hybridized carbons (Fsp3) is 0.297. The number of carbonyl (C=O) groups excluding carboxylic acids is 1. The first-order chi connectivity index (χ1) is 27.0. The molecule has 1 fully saturated rings. The summed E-state index contributed by atoms with van der Waals surface area (Å²) in [4.78, 5) is 52.4. The second-order valence-corrected chi connectivity index (χ2v) is 15.2. The molecule has 1 amide bonds. The second kappa shape index (κ2) is 14.5. The summed E-state index contributed by atoms with van der Waals surface area (Å²) in [5.41, 5.74) is 0.0313. The summed E-state index contributed by atoms with van der Waals surface area (Å²) in [6, 6.07) is 10.7. The Morgan fingerprint density at radius 2 is 1.86 bits per heavy atom. The molecule has 0 spiro atoms. The largest absolute Gasteiger partial charge is 0.454 e. The minimum atomic E-state index is -4.10. The summed E-state index contributed by atoms with van der Waals surface area (Å²) < 4.78 is 72.2. The second-order valence-electron chi connectivity index (χ2n) is 13.5. The lowest BCUT2D eigenvalue weighted by atomic mass is 10.1. The summed E-state index contributed by atoms with van der Waals surface area (Å²) >= 11 is 0. The molecule has 19 heteroatoms. The van der Waals surface area contributed by atoms with Crippen molar-refractivity contribution in [3.8, 4) is 0 Å². The zero-order valence-corrected chi connectivity index (χ0v) is 31.2. The van der Waals surface area contributed by atoms with E-state index >= 15 is 8.78 Å². The molecule has 1 aromatic carbocycles. The van der Waals surface area contributed by atoms with Crippen LogP contribution < -0.4 is 10.6 Å². The van der Waals surface area contributed by atoms with Crippen LogP contribution in [0.2, 0.25) is 0 Å². The summed E-state index contributed by atoms with van der Waals surface area (Å²) in [6.45, 7) is 6.00. The Balaban J connectivity index is 1.26. The fourth-order valence-corrected chi connectivity index (χ4v) is 7.97. The van der Waals surface area contributed by atoms with Gasteiger partial charge in [0.25, 0.3) is 0 Å². The molecule has 1 unspecified atom stereocenters.